The monoisotopic (exact) mass is 263 g/mol. The minimum absolute atomic E-state index is 0.425. The second-order valence-electron chi connectivity index (χ2n) is 4.89. The lowest BCUT2D eigenvalue weighted by molar-refractivity contribution is 0.275. The zero-order chi connectivity index (χ0) is 12.4. The maximum Gasteiger partial charge on any atom is 0.230 e. The van der Waals surface area contributed by atoms with Crippen LogP contribution in [0.25, 0.3) is 10.7 Å². The van der Waals surface area contributed by atoms with Crippen LogP contribution < -0.4 is 5.73 Å². The number of aromatic nitrogens is 2. The zero-order valence-corrected chi connectivity index (χ0v) is 11.0. The Morgan fingerprint density at radius 3 is 2.83 bits per heavy atom. The predicted molar refractivity (Wildman–Crippen MR) is 71.4 cm³/mol. The van der Waals surface area contributed by atoms with E-state index < -0.39 is 0 Å². The number of hydrogen-bond donors (Lipinski definition) is 1. The molecule has 2 heterocycles. The van der Waals surface area contributed by atoms with Crippen LogP contribution in [0.15, 0.2) is 22.0 Å². The Bertz CT molecular complexity index is 486. The van der Waals surface area contributed by atoms with Gasteiger partial charge in [0.1, 0.15) is 0 Å². The number of nitrogens with two attached hydrogens (primary N) is 1. The van der Waals surface area contributed by atoms with E-state index in [1.807, 2.05) is 17.5 Å². The van der Waals surface area contributed by atoms with Gasteiger partial charge in [-0.2, -0.15) is 4.98 Å². The minimum atomic E-state index is 0.425. The fourth-order valence-electron chi connectivity index (χ4n) is 2.55. The van der Waals surface area contributed by atoms with Gasteiger partial charge < -0.3 is 10.3 Å². The highest BCUT2D eigenvalue weighted by atomic mass is 32.1. The molecule has 1 aliphatic rings. The normalized spacial score (nSPS) is 24.3. The maximum absolute atomic E-state index is 5.71. The van der Waals surface area contributed by atoms with E-state index in [0.717, 1.165) is 36.0 Å². The molecule has 1 saturated carbocycles. The summed E-state index contributed by atoms with van der Waals surface area (Å²) in [5.74, 6) is 2.63. The third kappa shape index (κ3) is 2.33. The van der Waals surface area contributed by atoms with Gasteiger partial charge in [0.2, 0.25) is 11.7 Å². The lowest BCUT2D eigenvalue weighted by atomic mass is 9.82. The first-order chi connectivity index (χ1) is 8.86. The second-order valence-corrected chi connectivity index (χ2v) is 5.83. The minimum Gasteiger partial charge on any atom is -0.339 e. The van der Waals surface area contributed by atoms with Gasteiger partial charge in [0.05, 0.1) is 4.88 Å². The van der Waals surface area contributed by atoms with Crippen LogP contribution in [-0.4, -0.2) is 16.7 Å². The summed E-state index contributed by atoms with van der Waals surface area (Å²) in [6.07, 6.45) is 4.59. The van der Waals surface area contributed by atoms with Gasteiger partial charge in [-0.3, -0.25) is 0 Å². The summed E-state index contributed by atoms with van der Waals surface area (Å²) < 4.78 is 5.41. The van der Waals surface area contributed by atoms with Crippen molar-refractivity contribution in [2.75, 3.05) is 6.54 Å². The van der Waals surface area contributed by atoms with Crippen molar-refractivity contribution < 1.29 is 4.52 Å². The Morgan fingerprint density at radius 2 is 2.17 bits per heavy atom. The highest BCUT2D eigenvalue weighted by Crippen LogP contribution is 2.35. The molecule has 2 aromatic heterocycles. The first-order valence-corrected chi connectivity index (χ1v) is 7.32. The molecule has 5 heteroatoms. The van der Waals surface area contributed by atoms with E-state index in [1.54, 1.807) is 11.3 Å². The summed E-state index contributed by atoms with van der Waals surface area (Å²) in [6.45, 7) is 0.803. The van der Waals surface area contributed by atoms with Crippen LogP contribution in [0.3, 0.4) is 0 Å². The molecule has 1 fully saturated rings. The van der Waals surface area contributed by atoms with E-state index in [-0.39, 0.29) is 0 Å². The molecule has 2 aromatic rings. The molecule has 0 bridgehead atoms. The van der Waals surface area contributed by atoms with E-state index >= 15 is 0 Å². The highest BCUT2D eigenvalue weighted by molar-refractivity contribution is 7.13. The van der Waals surface area contributed by atoms with Crippen molar-refractivity contribution in [2.24, 2.45) is 11.7 Å². The Hall–Kier alpha value is -1.20. The van der Waals surface area contributed by atoms with Gasteiger partial charge in [0.15, 0.2) is 0 Å². The van der Waals surface area contributed by atoms with E-state index in [1.165, 1.54) is 12.8 Å². The summed E-state index contributed by atoms with van der Waals surface area (Å²) in [4.78, 5) is 5.60. The number of nitrogens with zero attached hydrogens (tertiary/aromatic N) is 2. The molecule has 0 amide bonds. The third-order valence-corrected chi connectivity index (χ3v) is 4.58. The van der Waals surface area contributed by atoms with Crippen LogP contribution in [-0.2, 0) is 0 Å². The lowest BCUT2D eigenvalue weighted by Crippen LogP contribution is -2.20. The summed E-state index contributed by atoms with van der Waals surface area (Å²) in [7, 11) is 0. The van der Waals surface area contributed by atoms with Gasteiger partial charge in [-0.05, 0) is 49.6 Å². The summed E-state index contributed by atoms with van der Waals surface area (Å²) in [6, 6.07) is 4.02. The fourth-order valence-corrected chi connectivity index (χ4v) is 3.20. The van der Waals surface area contributed by atoms with E-state index in [4.69, 9.17) is 10.3 Å². The molecular formula is C13H17N3OS. The third-order valence-electron chi connectivity index (χ3n) is 3.71. The van der Waals surface area contributed by atoms with Crippen molar-refractivity contribution in [3.05, 3.63) is 23.4 Å². The van der Waals surface area contributed by atoms with Gasteiger partial charge in [-0.15, -0.1) is 11.3 Å². The maximum atomic E-state index is 5.71. The molecular weight excluding hydrogens is 246 g/mol. The molecule has 0 atom stereocenters. The summed E-state index contributed by atoms with van der Waals surface area (Å²) in [5.41, 5.74) is 5.71. The molecule has 3 rings (SSSR count). The van der Waals surface area contributed by atoms with Crippen molar-refractivity contribution in [3.63, 3.8) is 0 Å². The molecule has 0 saturated heterocycles. The second kappa shape index (κ2) is 5.20. The van der Waals surface area contributed by atoms with Crippen molar-refractivity contribution in [1.82, 2.24) is 10.1 Å². The Kier molecular flexibility index (Phi) is 3.43. The molecule has 0 radical (unpaired) electrons. The molecule has 96 valence electrons. The standard InChI is InChI=1S/C13H17N3OS/c14-8-9-3-5-10(6-4-9)13-15-12(16-17-13)11-2-1-7-18-11/h1-2,7,9-10H,3-6,8,14H2. The Labute approximate surface area is 110 Å². The number of hydrogen-bond acceptors (Lipinski definition) is 5. The van der Waals surface area contributed by atoms with Gasteiger partial charge in [0.25, 0.3) is 0 Å². The summed E-state index contributed by atoms with van der Waals surface area (Å²) in [5, 5.41) is 6.10. The van der Waals surface area contributed by atoms with Crippen molar-refractivity contribution in [2.45, 2.75) is 31.6 Å². The van der Waals surface area contributed by atoms with Gasteiger partial charge in [0, 0.05) is 5.92 Å². The van der Waals surface area contributed by atoms with Crippen molar-refractivity contribution in [1.29, 1.82) is 0 Å². The Morgan fingerprint density at radius 1 is 1.33 bits per heavy atom. The van der Waals surface area contributed by atoms with Crippen LogP contribution in [0.1, 0.15) is 37.5 Å². The molecule has 0 aromatic carbocycles. The molecule has 2 N–H and O–H groups in total. The molecule has 0 unspecified atom stereocenters. The van der Waals surface area contributed by atoms with Gasteiger partial charge >= 0.3 is 0 Å². The fraction of sp³-hybridized carbons (Fsp3) is 0.538. The van der Waals surface area contributed by atoms with Crippen LogP contribution in [0.5, 0.6) is 0 Å². The van der Waals surface area contributed by atoms with Crippen molar-refractivity contribution >= 4 is 11.3 Å². The van der Waals surface area contributed by atoms with Crippen LogP contribution >= 0.6 is 11.3 Å². The first kappa shape index (κ1) is 11.9. The number of rotatable bonds is 3. The Balaban J connectivity index is 1.71. The molecule has 4 nitrogen and oxygen atoms in total. The van der Waals surface area contributed by atoms with Crippen LogP contribution in [0, 0.1) is 5.92 Å². The molecule has 1 aliphatic carbocycles. The summed E-state index contributed by atoms with van der Waals surface area (Å²) >= 11 is 1.64. The van der Waals surface area contributed by atoms with Crippen LogP contribution in [0.2, 0.25) is 0 Å². The molecule has 18 heavy (non-hydrogen) atoms. The van der Waals surface area contributed by atoms with E-state index in [0.29, 0.717) is 11.8 Å². The van der Waals surface area contributed by atoms with Gasteiger partial charge in [-0.1, -0.05) is 11.2 Å². The van der Waals surface area contributed by atoms with E-state index in [9.17, 15) is 0 Å². The average Bonchev–Trinajstić information content (AvgIpc) is 3.09. The van der Waals surface area contributed by atoms with Crippen molar-refractivity contribution in [3.8, 4) is 10.7 Å². The SMILES string of the molecule is NCC1CCC(c2nc(-c3cccs3)no2)CC1. The quantitative estimate of drug-likeness (QED) is 0.924. The topological polar surface area (TPSA) is 64.9 Å². The zero-order valence-electron chi connectivity index (χ0n) is 10.2. The average molecular weight is 263 g/mol. The lowest BCUT2D eigenvalue weighted by Gasteiger charge is -2.24. The predicted octanol–water partition coefficient (Wildman–Crippen LogP) is 3.03. The highest BCUT2D eigenvalue weighted by Gasteiger charge is 2.26. The largest absolute Gasteiger partial charge is 0.339 e. The molecule has 0 spiro atoms. The first-order valence-electron chi connectivity index (χ1n) is 6.44. The smallest absolute Gasteiger partial charge is 0.230 e. The van der Waals surface area contributed by atoms with E-state index in [2.05, 4.69) is 10.1 Å². The number of thiophene rings is 1. The molecule has 0 aliphatic heterocycles. The van der Waals surface area contributed by atoms with Gasteiger partial charge in [-0.25, -0.2) is 0 Å². The van der Waals surface area contributed by atoms with Crippen LogP contribution in [0.4, 0.5) is 0 Å².